The lowest BCUT2D eigenvalue weighted by atomic mass is 10.2. The molecule has 3 nitrogen and oxygen atoms in total. The molecule has 2 heterocycles. The number of benzene rings is 2. The van der Waals surface area contributed by atoms with E-state index in [4.69, 9.17) is 14.2 Å². The number of para-hydroxylation sites is 2. The van der Waals surface area contributed by atoms with Gasteiger partial charge in [-0.3, -0.25) is 0 Å². The van der Waals surface area contributed by atoms with Gasteiger partial charge >= 0.3 is 0 Å². The van der Waals surface area contributed by atoms with E-state index in [1.807, 2.05) is 72.8 Å². The predicted octanol–water partition coefficient (Wildman–Crippen LogP) is 4.90. The molecule has 0 saturated carbocycles. The van der Waals surface area contributed by atoms with Crippen molar-refractivity contribution in [1.82, 2.24) is 0 Å². The van der Waals surface area contributed by atoms with Crippen LogP contribution in [0.1, 0.15) is 11.1 Å². The molecule has 112 valence electrons. The zero-order valence-corrected chi connectivity index (χ0v) is 12.3. The largest absolute Gasteiger partial charge is 0.425 e. The maximum Gasteiger partial charge on any atom is 0.292 e. The number of hydrogen-bond donors (Lipinski definition) is 0. The van der Waals surface area contributed by atoms with Crippen LogP contribution in [0.2, 0.25) is 0 Å². The molecule has 0 fully saturated rings. The van der Waals surface area contributed by atoms with Crippen LogP contribution in [-0.2, 0) is 4.74 Å². The van der Waals surface area contributed by atoms with Crippen LogP contribution in [0.25, 0.3) is 12.2 Å². The van der Waals surface area contributed by atoms with Crippen molar-refractivity contribution in [3.05, 3.63) is 95.9 Å². The molecule has 0 aliphatic carbocycles. The number of allylic oxidation sites excluding steroid dienone is 4. The lowest BCUT2D eigenvalue weighted by Gasteiger charge is -2.14. The summed E-state index contributed by atoms with van der Waals surface area (Å²) < 4.78 is 17.4. The fourth-order valence-electron chi connectivity index (χ4n) is 2.38. The average molecular weight is 302 g/mol. The first-order valence-electron chi connectivity index (χ1n) is 7.37. The molecule has 0 N–H and O–H groups in total. The minimum atomic E-state index is 0.366. The second-order valence-electron chi connectivity index (χ2n) is 5.07. The van der Waals surface area contributed by atoms with E-state index in [0.29, 0.717) is 11.9 Å². The highest BCUT2D eigenvalue weighted by Crippen LogP contribution is 2.28. The molecule has 0 bridgehead atoms. The van der Waals surface area contributed by atoms with Crippen LogP contribution in [0.3, 0.4) is 0 Å². The first-order chi connectivity index (χ1) is 11.4. The number of rotatable bonds is 2. The number of ether oxygens (including phenoxy) is 3. The van der Waals surface area contributed by atoms with Gasteiger partial charge in [0.2, 0.25) is 0 Å². The number of hydrogen-bond acceptors (Lipinski definition) is 3. The van der Waals surface area contributed by atoms with Crippen molar-refractivity contribution in [3.8, 4) is 11.5 Å². The van der Waals surface area contributed by atoms with Crippen molar-refractivity contribution in [2.75, 3.05) is 0 Å². The van der Waals surface area contributed by atoms with Gasteiger partial charge in [-0.15, -0.1) is 0 Å². The second kappa shape index (κ2) is 5.89. The molecule has 2 aliphatic rings. The lowest BCUT2D eigenvalue weighted by molar-refractivity contribution is 0.0892. The van der Waals surface area contributed by atoms with Crippen molar-refractivity contribution < 1.29 is 14.2 Å². The molecule has 0 unspecified atom stereocenters. The first-order valence-corrected chi connectivity index (χ1v) is 7.37. The Morgan fingerprint density at radius 3 is 1.61 bits per heavy atom. The Labute approximate surface area is 134 Å². The smallest absolute Gasteiger partial charge is 0.292 e. The van der Waals surface area contributed by atoms with Crippen molar-refractivity contribution >= 4 is 12.2 Å². The van der Waals surface area contributed by atoms with Gasteiger partial charge in [0.1, 0.15) is 11.5 Å². The molecular formula is C20H14O3. The summed E-state index contributed by atoms with van der Waals surface area (Å²) in [5, 5.41) is 0. The van der Waals surface area contributed by atoms with E-state index in [1.54, 1.807) is 12.2 Å². The first kappa shape index (κ1) is 13.5. The van der Waals surface area contributed by atoms with E-state index in [0.717, 1.165) is 22.6 Å². The van der Waals surface area contributed by atoms with Gasteiger partial charge in [-0.2, -0.15) is 0 Å². The van der Waals surface area contributed by atoms with Crippen LogP contribution in [0, 0.1) is 0 Å². The van der Waals surface area contributed by atoms with E-state index in [1.165, 1.54) is 0 Å². The van der Waals surface area contributed by atoms with Crippen LogP contribution >= 0.6 is 0 Å². The minimum absolute atomic E-state index is 0.366. The number of fused-ring (bicyclic) bond motifs is 2. The topological polar surface area (TPSA) is 27.7 Å². The van der Waals surface area contributed by atoms with Crippen molar-refractivity contribution in [3.63, 3.8) is 0 Å². The highest BCUT2D eigenvalue weighted by molar-refractivity contribution is 5.61. The van der Waals surface area contributed by atoms with Crippen molar-refractivity contribution in [1.29, 1.82) is 0 Å². The van der Waals surface area contributed by atoms with E-state index >= 15 is 0 Å². The highest BCUT2D eigenvalue weighted by atomic mass is 16.7. The normalized spacial score (nSPS) is 15.0. The summed E-state index contributed by atoms with van der Waals surface area (Å²) in [5.41, 5.74) is 2.01. The molecule has 0 saturated heterocycles. The zero-order valence-electron chi connectivity index (χ0n) is 12.3. The molecule has 2 aliphatic heterocycles. The molecule has 0 amide bonds. The Hall–Kier alpha value is -3.20. The summed E-state index contributed by atoms with van der Waals surface area (Å²) in [4.78, 5) is 0. The van der Waals surface area contributed by atoms with Gasteiger partial charge in [0.05, 0.1) is 0 Å². The Bertz CT molecular complexity index is 785. The summed E-state index contributed by atoms with van der Waals surface area (Å²) in [6.07, 6.45) is 11.3. The lowest BCUT2D eigenvalue weighted by Crippen LogP contribution is -2.05. The fraction of sp³-hybridized carbons (Fsp3) is 0. The van der Waals surface area contributed by atoms with E-state index < -0.39 is 0 Å². The molecule has 4 rings (SSSR count). The third-order valence-electron chi connectivity index (χ3n) is 3.48. The average Bonchev–Trinajstić information content (AvgIpc) is 2.90. The Balaban J connectivity index is 1.56. The zero-order chi connectivity index (χ0) is 15.5. The van der Waals surface area contributed by atoms with E-state index in [-0.39, 0.29) is 0 Å². The molecule has 3 heteroatoms. The maximum atomic E-state index is 5.82. The van der Waals surface area contributed by atoms with Crippen molar-refractivity contribution in [2.24, 2.45) is 0 Å². The summed E-state index contributed by atoms with van der Waals surface area (Å²) in [6, 6.07) is 15.6. The van der Waals surface area contributed by atoms with Crippen LogP contribution in [0.5, 0.6) is 11.5 Å². The Morgan fingerprint density at radius 2 is 1.09 bits per heavy atom. The van der Waals surface area contributed by atoms with Gasteiger partial charge in [0.15, 0.2) is 0 Å². The molecule has 23 heavy (non-hydrogen) atoms. The molecule has 0 spiro atoms. The molecule has 2 aromatic rings. The summed E-state index contributed by atoms with van der Waals surface area (Å²) in [5.74, 6) is 2.23. The summed E-state index contributed by atoms with van der Waals surface area (Å²) >= 11 is 0. The fourth-order valence-corrected chi connectivity index (χ4v) is 2.38. The molecule has 0 atom stereocenters. The van der Waals surface area contributed by atoms with Crippen molar-refractivity contribution in [2.45, 2.75) is 0 Å². The Kier molecular flexibility index (Phi) is 3.45. The SMILES string of the molecule is C1=Cc2ccccc2OC(OC2=CC=Cc3ccccc3O2)=C1. The van der Waals surface area contributed by atoms with Crippen LogP contribution in [0.4, 0.5) is 0 Å². The maximum absolute atomic E-state index is 5.82. The van der Waals surface area contributed by atoms with Crippen LogP contribution in [0.15, 0.2) is 84.7 Å². The van der Waals surface area contributed by atoms with Gasteiger partial charge in [0.25, 0.3) is 11.9 Å². The van der Waals surface area contributed by atoms with E-state index in [2.05, 4.69) is 0 Å². The van der Waals surface area contributed by atoms with Crippen LogP contribution < -0.4 is 9.47 Å². The minimum Gasteiger partial charge on any atom is -0.425 e. The molecule has 0 aromatic heterocycles. The summed E-state index contributed by atoms with van der Waals surface area (Å²) in [7, 11) is 0. The summed E-state index contributed by atoms with van der Waals surface area (Å²) in [6.45, 7) is 0. The van der Waals surface area contributed by atoms with Gasteiger partial charge in [-0.1, -0.05) is 60.7 Å². The monoisotopic (exact) mass is 302 g/mol. The highest BCUT2D eigenvalue weighted by Gasteiger charge is 2.14. The molecular weight excluding hydrogens is 288 g/mol. The van der Waals surface area contributed by atoms with E-state index in [9.17, 15) is 0 Å². The van der Waals surface area contributed by atoms with Crippen LogP contribution in [-0.4, -0.2) is 0 Å². The predicted molar refractivity (Wildman–Crippen MR) is 89.5 cm³/mol. The van der Waals surface area contributed by atoms with Gasteiger partial charge in [-0.05, 0) is 12.1 Å². The third-order valence-corrected chi connectivity index (χ3v) is 3.48. The molecule has 2 aromatic carbocycles. The van der Waals surface area contributed by atoms with Gasteiger partial charge < -0.3 is 14.2 Å². The standard InChI is InChI=1S/C20H14O3/c1-3-11-17-15(7-1)9-5-13-19(21-17)23-20-14-6-10-16-8-2-4-12-18(16)22-20/h1-14H. The second-order valence-corrected chi connectivity index (χ2v) is 5.07. The molecule has 0 radical (unpaired) electrons. The Morgan fingerprint density at radius 1 is 0.609 bits per heavy atom. The quantitative estimate of drug-likeness (QED) is 0.790. The van der Waals surface area contributed by atoms with Gasteiger partial charge in [0, 0.05) is 23.3 Å². The van der Waals surface area contributed by atoms with Gasteiger partial charge in [-0.25, -0.2) is 0 Å². The third kappa shape index (κ3) is 2.90.